The van der Waals surface area contributed by atoms with Crippen LogP contribution in [0.5, 0.6) is 0 Å². The monoisotopic (exact) mass is 392 g/mol. The molecule has 12 heavy (non-hydrogen) atoms. The molecule has 0 N–H and O–H groups in total. The Morgan fingerprint density at radius 2 is 1.75 bits per heavy atom. The van der Waals surface area contributed by atoms with E-state index in [1.807, 2.05) is 6.08 Å². The Bertz CT molecular complexity index is 213. The van der Waals surface area contributed by atoms with Crippen LogP contribution in [0.25, 0.3) is 0 Å². The Hall–Kier alpha value is 1.05. The molecule has 5 heteroatoms. The molecule has 1 aliphatic carbocycles. The minimum absolute atomic E-state index is 0. The Morgan fingerprint density at radius 3 is 2.00 bits per heavy atom. The van der Waals surface area contributed by atoms with Gasteiger partial charge in [0.2, 0.25) is 0 Å². The summed E-state index contributed by atoms with van der Waals surface area (Å²) in [6.45, 7) is 0. The van der Waals surface area contributed by atoms with Gasteiger partial charge in [0.1, 0.15) is 5.76 Å². The normalized spacial score (nSPS) is 9.25. The fourth-order valence-corrected chi connectivity index (χ4v) is 0.460. The maximum atomic E-state index is 4.86. The topological polar surface area (TPSA) is 9.23 Å². The zero-order chi connectivity index (χ0) is 5.82. The SMILES string of the molecule is COC1=CC=C=C=C1.[Br-].[Br-].[Zn].[Zn]. The minimum Gasteiger partial charge on any atom is -1.00 e. The van der Waals surface area contributed by atoms with Crippen LogP contribution in [0.4, 0.5) is 0 Å². The summed E-state index contributed by atoms with van der Waals surface area (Å²) in [5.74, 6) is 0.823. The molecular formula is C7H6Br2OZn2-2. The van der Waals surface area contributed by atoms with Gasteiger partial charge in [0.05, 0.1) is 7.11 Å². The van der Waals surface area contributed by atoms with E-state index in [4.69, 9.17) is 4.74 Å². The molecule has 0 spiro atoms. The molecule has 0 aromatic heterocycles. The summed E-state index contributed by atoms with van der Waals surface area (Å²) in [4.78, 5) is 0. The fraction of sp³-hybridized carbons (Fsp3) is 0.143. The van der Waals surface area contributed by atoms with Crippen molar-refractivity contribution in [2.24, 2.45) is 0 Å². The van der Waals surface area contributed by atoms with Crippen LogP contribution in [-0.2, 0) is 43.7 Å². The molecule has 0 aromatic rings. The van der Waals surface area contributed by atoms with Crippen molar-refractivity contribution in [2.75, 3.05) is 7.11 Å². The molecule has 0 radical (unpaired) electrons. The van der Waals surface area contributed by atoms with Crippen molar-refractivity contribution in [1.82, 2.24) is 0 Å². The molecule has 60 valence electrons. The van der Waals surface area contributed by atoms with E-state index in [2.05, 4.69) is 11.5 Å². The van der Waals surface area contributed by atoms with Crippen molar-refractivity contribution in [3.05, 3.63) is 35.4 Å². The maximum Gasteiger partial charge on any atom is 0.127 e. The van der Waals surface area contributed by atoms with Crippen molar-refractivity contribution < 1.29 is 77.7 Å². The van der Waals surface area contributed by atoms with Crippen LogP contribution in [0.15, 0.2) is 35.4 Å². The molecule has 1 nitrogen and oxygen atoms in total. The number of hydrogen-bond donors (Lipinski definition) is 0. The van der Waals surface area contributed by atoms with E-state index in [0.29, 0.717) is 0 Å². The second-order valence-corrected chi connectivity index (χ2v) is 1.37. The van der Waals surface area contributed by atoms with E-state index in [1.165, 1.54) is 0 Å². The van der Waals surface area contributed by atoms with E-state index in [0.717, 1.165) is 5.76 Å². The molecule has 0 aliphatic heterocycles. The van der Waals surface area contributed by atoms with Gasteiger partial charge in [-0.1, -0.05) is 11.5 Å². The van der Waals surface area contributed by atoms with Gasteiger partial charge in [0.15, 0.2) is 0 Å². The summed E-state index contributed by atoms with van der Waals surface area (Å²) >= 11 is 0. The Balaban J connectivity index is -0.0000000800. The molecule has 1 aliphatic rings. The van der Waals surface area contributed by atoms with Crippen LogP contribution in [-0.4, -0.2) is 7.11 Å². The van der Waals surface area contributed by atoms with Gasteiger partial charge in [-0.15, -0.1) is 0 Å². The molecular weight excluding hydrogens is 391 g/mol. The Kier molecular flexibility index (Phi) is 28.1. The smallest absolute Gasteiger partial charge is 0.127 e. The van der Waals surface area contributed by atoms with Crippen molar-refractivity contribution in [2.45, 2.75) is 0 Å². The molecule has 1 rings (SSSR count). The number of hydrogen-bond acceptors (Lipinski definition) is 1. The first-order valence-corrected chi connectivity index (χ1v) is 2.35. The van der Waals surface area contributed by atoms with Crippen LogP contribution in [0.1, 0.15) is 0 Å². The average molecular weight is 397 g/mol. The predicted octanol–water partition coefficient (Wildman–Crippen LogP) is -4.60. The number of halogens is 2. The summed E-state index contributed by atoms with van der Waals surface area (Å²) in [6, 6.07) is 0. The third-order valence-corrected chi connectivity index (χ3v) is 0.864. The first kappa shape index (κ1) is 23.1. The molecule has 0 bridgehead atoms. The summed E-state index contributed by atoms with van der Waals surface area (Å²) in [6.07, 6.45) is 5.33. The fourth-order valence-electron chi connectivity index (χ4n) is 0.460. The first-order chi connectivity index (χ1) is 3.93. The standard InChI is InChI=1S/C7H6O.2BrH.2Zn/c1-8-7-5-3-2-4-6-7;;;;/h3,5-6H,1H3;2*1H;;/p-2. The molecule has 0 saturated carbocycles. The largest absolute Gasteiger partial charge is 1.00 e. The van der Waals surface area contributed by atoms with Crippen LogP contribution in [0, 0.1) is 0 Å². The van der Waals surface area contributed by atoms with Crippen molar-refractivity contribution >= 4 is 0 Å². The Labute approximate surface area is 119 Å². The quantitative estimate of drug-likeness (QED) is 0.320. The molecule has 0 amide bonds. The third-order valence-electron chi connectivity index (χ3n) is 0.864. The van der Waals surface area contributed by atoms with E-state index in [9.17, 15) is 0 Å². The zero-order valence-electron chi connectivity index (χ0n) is 6.81. The van der Waals surface area contributed by atoms with Gasteiger partial charge in [-0.3, -0.25) is 0 Å². The number of ether oxygens (including phenoxy) is 1. The predicted molar refractivity (Wildman–Crippen MR) is 31.3 cm³/mol. The van der Waals surface area contributed by atoms with Gasteiger partial charge in [-0.2, -0.15) is 0 Å². The van der Waals surface area contributed by atoms with Gasteiger partial charge in [-0.05, 0) is 12.2 Å². The molecule has 0 heterocycles. The Morgan fingerprint density at radius 1 is 1.17 bits per heavy atom. The van der Waals surface area contributed by atoms with Crippen LogP contribution in [0.3, 0.4) is 0 Å². The molecule has 0 unspecified atom stereocenters. The van der Waals surface area contributed by atoms with Gasteiger partial charge < -0.3 is 38.7 Å². The molecule has 0 fully saturated rings. The third kappa shape index (κ3) is 9.14. The van der Waals surface area contributed by atoms with Crippen LogP contribution < -0.4 is 34.0 Å². The summed E-state index contributed by atoms with van der Waals surface area (Å²) < 4.78 is 4.86. The van der Waals surface area contributed by atoms with Crippen molar-refractivity contribution in [3.8, 4) is 0 Å². The first-order valence-electron chi connectivity index (χ1n) is 2.35. The molecule has 0 aromatic carbocycles. The summed E-state index contributed by atoms with van der Waals surface area (Å²) in [5, 5.41) is 0. The summed E-state index contributed by atoms with van der Waals surface area (Å²) in [5.41, 5.74) is 5.52. The number of rotatable bonds is 1. The second kappa shape index (κ2) is 14.6. The van der Waals surface area contributed by atoms with Gasteiger partial charge >= 0.3 is 0 Å². The average Bonchev–Trinajstić information content (AvgIpc) is 1.90. The second-order valence-electron chi connectivity index (χ2n) is 1.37. The van der Waals surface area contributed by atoms with E-state index in [1.54, 1.807) is 19.3 Å². The number of allylic oxidation sites excluding steroid dienone is 3. The van der Waals surface area contributed by atoms with Gasteiger partial charge in [0, 0.05) is 45.0 Å². The molecule has 0 atom stereocenters. The zero-order valence-corrected chi connectivity index (χ0v) is 15.9. The van der Waals surface area contributed by atoms with Crippen LogP contribution in [0.2, 0.25) is 0 Å². The summed E-state index contributed by atoms with van der Waals surface area (Å²) in [7, 11) is 1.63. The molecule has 0 saturated heterocycles. The van der Waals surface area contributed by atoms with Crippen molar-refractivity contribution in [3.63, 3.8) is 0 Å². The van der Waals surface area contributed by atoms with Gasteiger partial charge in [0.25, 0.3) is 0 Å². The maximum absolute atomic E-state index is 4.86. The van der Waals surface area contributed by atoms with Crippen LogP contribution >= 0.6 is 0 Å². The minimum atomic E-state index is 0. The van der Waals surface area contributed by atoms with Gasteiger partial charge in [-0.25, -0.2) is 0 Å². The van der Waals surface area contributed by atoms with E-state index in [-0.39, 0.29) is 72.9 Å². The van der Waals surface area contributed by atoms with Crippen molar-refractivity contribution in [1.29, 1.82) is 0 Å². The van der Waals surface area contributed by atoms with E-state index >= 15 is 0 Å². The number of methoxy groups -OCH3 is 1. The van der Waals surface area contributed by atoms with E-state index < -0.39 is 0 Å².